The molecule has 2 aromatic rings. The predicted molar refractivity (Wildman–Crippen MR) is 152 cm³/mol. The Kier molecular flexibility index (Phi) is 10.3. The molecule has 0 bridgehead atoms. The smallest absolute Gasteiger partial charge is 0.452 e. The van der Waals surface area contributed by atoms with E-state index in [9.17, 15) is 14.4 Å². The highest BCUT2D eigenvalue weighted by Crippen LogP contribution is 2.48. The summed E-state index contributed by atoms with van der Waals surface area (Å²) in [7, 11) is 3.12. The quantitative estimate of drug-likeness (QED) is 0.190. The van der Waals surface area contributed by atoms with Crippen LogP contribution in [-0.2, 0) is 18.9 Å². The number of nitrogens with zero attached hydrogens (tertiary/aromatic N) is 1. The van der Waals surface area contributed by atoms with Crippen LogP contribution >= 0.6 is 0 Å². The molecule has 1 heterocycles. The van der Waals surface area contributed by atoms with Crippen molar-refractivity contribution < 1.29 is 38.1 Å². The maximum absolute atomic E-state index is 12.6. The molecule has 224 valence electrons. The molecule has 1 aliphatic carbocycles. The van der Waals surface area contributed by atoms with Crippen molar-refractivity contribution in [3.8, 4) is 5.75 Å². The first-order valence-corrected chi connectivity index (χ1v) is 13.4. The lowest BCUT2D eigenvalue weighted by Gasteiger charge is -2.30. The Morgan fingerprint density at radius 3 is 2.27 bits per heavy atom. The highest BCUT2D eigenvalue weighted by atomic mass is 16.8. The summed E-state index contributed by atoms with van der Waals surface area (Å²) in [5.41, 5.74) is 2.43. The Morgan fingerprint density at radius 1 is 1.00 bits per heavy atom. The number of carbonyl (C=O) groups is 3. The molecule has 11 nitrogen and oxygen atoms in total. The molecule has 3 rings (SSSR count). The second-order valence-corrected chi connectivity index (χ2v) is 11.3. The van der Waals surface area contributed by atoms with Crippen LogP contribution in [0, 0.1) is 19.3 Å². The van der Waals surface area contributed by atoms with Gasteiger partial charge in [0.15, 0.2) is 5.78 Å². The van der Waals surface area contributed by atoms with Crippen LogP contribution in [0.3, 0.4) is 0 Å². The Hall–Kier alpha value is -3.70. The topological polar surface area (TPSA) is 134 Å². The van der Waals surface area contributed by atoms with Gasteiger partial charge in [0, 0.05) is 57.2 Å². The van der Waals surface area contributed by atoms with Crippen molar-refractivity contribution in [1.29, 1.82) is 0 Å². The van der Waals surface area contributed by atoms with Crippen LogP contribution in [0.15, 0.2) is 30.5 Å². The van der Waals surface area contributed by atoms with E-state index in [-0.39, 0.29) is 30.4 Å². The van der Waals surface area contributed by atoms with Crippen LogP contribution in [0.2, 0.25) is 0 Å². The molecule has 1 aromatic carbocycles. The Bertz CT molecular complexity index is 1240. The minimum absolute atomic E-state index is 0.00752. The van der Waals surface area contributed by atoms with Gasteiger partial charge in [-0.25, -0.2) is 14.6 Å². The third-order valence-electron chi connectivity index (χ3n) is 6.63. The molecule has 2 atom stereocenters. The number of ether oxygens (including phenoxy) is 5. The number of urea groups is 1. The fourth-order valence-corrected chi connectivity index (χ4v) is 4.63. The molecular weight excluding hydrogens is 530 g/mol. The number of aromatic nitrogens is 1. The highest BCUT2D eigenvalue weighted by Gasteiger charge is 2.44. The van der Waals surface area contributed by atoms with Gasteiger partial charge in [-0.2, -0.15) is 0 Å². The maximum Gasteiger partial charge on any atom is 0.511 e. The lowest BCUT2D eigenvalue weighted by atomic mass is 9.94. The number of carbonyl (C=O) groups excluding carboxylic acids is 3. The van der Waals surface area contributed by atoms with Gasteiger partial charge in [0.1, 0.15) is 18.2 Å². The van der Waals surface area contributed by atoms with E-state index in [0.29, 0.717) is 36.8 Å². The molecule has 41 heavy (non-hydrogen) atoms. The van der Waals surface area contributed by atoms with E-state index in [1.54, 1.807) is 46.4 Å². The molecule has 1 saturated carbocycles. The number of Topliss-reactive ketones (excluding diaryl/α,β-unsaturated/α-hetero) is 1. The molecule has 2 unspecified atom stereocenters. The Morgan fingerprint density at radius 2 is 1.68 bits per heavy atom. The third kappa shape index (κ3) is 8.89. The number of benzene rings is 1. The van der Waals surface area contributed by atoms with E-state index in [0.717, 1.165) is 16.7 Å². The number of anilines is 1. The fraction of sp³-hybridized carbons (Fsp3) is 0.533. The van der Waals surface area contributed by atoms with Crippen LogP contribution in [-0.4, -0.2) is 68.8 Å². The van der Waals surface area contributed by atoms with Crippen LogP contribution in [0.25, 0.3) is 0 Å². The first-order valence-electron chi connectivity index (χ1n) is 13.4. The maximum atomic E-state index is 12.6. The largest absolute Gasteiger partial charge is 0.511 e. The van der Waals surface area contributed by atoms with Gasteiger partial charge in [-0.05, 0) is 50.5 Å². The summed E-state index contributed by atoms with van der Waals surface area (Å²) in [4.78, 5) is 42.0. The average Bonchev–Trinajstić information content (AvgIpc) is 3.62. The molecular formula is C30H41N3O8. The summed E-state index contributed by atoms with van der Waals surface area (Å²) in [6.45, 7) is 10.9. The molecule has 2 amide bonds. The van der Waals surface area contributed by atoms with Gasteiger partial charge in [0.05, 0.1) is 18.8 Å². The number of hydrogen-bond donors (Lipinski definition) is 2. The molecule has 0 radical (unpaired) electrons. The number of rotatable bonds is 13. The monoisotopic (exact) mass is 571 g/mol. The summed E-state index contributed by atoms with van der Waals surface area (Å²) >= 11 is 0. The molecule has 1 aliphatic rings. The second-order valence-electron chi connectivity index (χ2n) is 11.3. The molecule has 11 heteroatoms. The van der Waals surface area contributed by atoms with Gasteiger partial charge >= 0.3 is 12.2 Å². The first-order chi connectivity index (χ1) is 19.3. The van der Waals surface area contributed by atoms with Gasteiger partial charge in [-0.3, -0.25) is 10.1 Å². The summed E-state index contributed by atoms with van der Waals surface area (Å²) in [5, 5.41) is 5.69. The standard InChI is InChI=1S/C30H41N3O8/c1-18-9-12-24(31-14-18)33-27(35)32-23-13-22(23)25-19(2)10-11-21(20(3)34)26(25)40-29(4,5)41-28(36)39-17-30(6,15-37-7)16-38-8/h9-12,14,22-23H,13,15-17H2,1-8H3,(H2,31,32,33,35). The normalized spacial score (nSPS) is 16.5. The third-order valence-corrected chi connectivity index (χ3v) is 6.63. The van der Waals surface area contributed by atoms with Crippen molar-refractivity contribution in [3.63, 3.8) is 0 Å². The Labute approximate surface area is 241 Å². The van der Waals surface area contributed by atoms with Crippen LogP contribution in [0.5, 0.6) is 5.75 Å². The lowest BCUT2D eigenvalue weighted by Crippen LogP contribution is -2.38. The number of aryl methyl sites for hydroxylation is 2. The summed E-state index contributed by atoms with van der Waals surface area (Å²) in [6.07, 6.45) is 1.39. The van der Waals surface area contributed by atoms with E-state index in [1.165, 1.54) is 6.92 Å². The van der Waals surface area contributed by atoms with Crippen LogP contribution in [0.4, 0.5) is 15.4 Å². The van der Waals surface area contributed by atoms with Gasteiger partial charge in [-0.1, -0.05) is 19.1 Å². The summed E-state index contributed by atoms with van der Waals surface area (Å²) in [5.74, 6) is -1.03. The zero-order valence-electron chi connectivity index (χ0n) is 25.1. The van der Waals surface area contributed by atoms with Gasteiger partial charge in [0.2, 0.25) is 0 Å². The van der Waals surface area contributed by atoms with Crippen molar-refractivity contribution in [2.45, 2.75) is 65.7 Å². The number of amides is 2. The van der Waals surface area contributed by atoms with Gasteiger partial charge < -0.3 is 29.0 Å². The van der Waals surface area contributed by atoms with E-state index >= 15 is 0 Å². The van der Waals surface area contributed by atoms with E-state index in [4.69, 9.17) is 23.7 Å². The minimum atomic E-state index is -1.48. The minimum Gasteiger partial charge on any atom is -0.452 e. The van der Waals surface area contributed by atoms with Crippen molar-refractivity contribution in [1.82, 2.24) is 10.3 Å². The summed E-state index contributed by atoms with van der Waals surface area (Å²) < 4.78 is 27.6. The van der Waals surface area contributed by atoms with Crippen molar-refractivity contribution in [3.05, 3.63) is 52.7 Å². The molecule has 1 aromatic heterocycles. The average molecular weight is 572 g/mol. The zero-order valence-corrected chi connectivity index (χ0v) is 25.1. The second kappa shape index (κ2) is 13.3. The molecule has 0 aliphatic heterocycles. The molecule has 0 spiro atoms. The Balaban J connectivity index is 1.73. The number of pyridine rings is 1. The fourth-order valence-electron chi connectivity index (χ4n) is 4.63. The lowest BCUT2D eigenvalue weighted by molar-refractivity contribution is -0.138. The van der Waals surface area contributed by atoms with Gasteiger partial charge in [-0.15, -0.1) is 0 Å². The van der Waals surface area contributed by atoms with Gasteiger partial charge in [0.25, 0.3) is 5.79 Å². The molecule has 0 saturated heterocycles. The molecule has 2 N–H and O–H groups in total. The highest BCUT2D eigenvalue weighted by molar-refractivity contribution is 5.97. The number of methoxy groups -OCH3 is 2. The number of hydrogen-bond acceptors (Lipinski definition) is 9. The number of ketones is 1. The number of nitrogens with one attached hydrogen (secondary N) is 2. The van der Waals surface area contributed by atoms with Crippen molar-refractivity contribution >= 4 is 23.8 Å². The first kappa shape index (κ1) is 31.8. The van der Waals surface area contributed by atoms with E-state index < -0.39 is 17.4 Å². The summed E-state index contributed by atoms with van der Waals surface area (Å²) in [6, 6.07) is 6.56. The van der Waals surface area contributed by atoms with E-state index in [2.05, 4.69) is 15.6 Å². The van der Waals surface area contributed by atoms with Crippen LogP contribution < -0.4 is 15.4 Å². The van der Waals surface area contributed by atoms with Crippen molar-refractivity contribution in [2.24, 2.45) is 5.41 Å². The van der Waals surface area contributed by atoms with Crippen LogP contribution in [0.1, 0.15) is 67.1 Å². The van der Waals surface area contributed by atoms with Crippen molar-refractivity contribution in [2.75, 3.05) is 39.4 Å². The molecule has 1 fully saturated rings. The van der Waals surface area contributed by atoms with E-state index in [1.807, 2.05) is 32.9 Å². The SMILES string of the molecule is COCC(C)(COC)COC(=O)OC(C)(C)Oc1c(C(C)=O)ccc(C)c1C1CC1NC(=O)Nc1ccc(C)cn1. The zero-order chi connectivity index (χ0) is 30.4. The predicted octanol–water partition coefficient (Wildman–Crippen LogP) is 5.15.